The number of hydrogen-bond acceptors (Lipinski definition) is 3. The number of nitrogens with zero attached hydrogens (tertiary/aromatic N) is 1. The molecular weight excluding hydrogens is 216 g/mol. The van der Waals surface area contributed by atoms with Gasteiger partial charge in [0.2, 0.25) is 0 Å². The third kappa shape index (κ3) is 3.60. The highest BCUT2D eigenvalue weighted by molar-refractivity contribution is 5.68. The van der Waals surface area contributed by atoms with Crippen molar-refractivity contribution in [2.75, 3.05) is 20.1 Å². The molecule has 1 saturated heterocycles. The quantitative estimate of drug-likeness (QED) is 0.804. The van der Waals surface area contributed by atoms with Crippen LogP contribution in [0.1, 0.15) is 45.4 Å². The molecule has 2 rings (SSSR count). The van der Waals surface area contributed by atoms with Gasteiger partial charge in [-0.2, -0.15) is 0 Å². The number of carbonyl (C=O) groups is 1. The van der Waals surface area contributed by atoms with Crippen molar-refractivity contribution in [2.45, 2.75) is 57.1 Å². The van der Waals surface area contributed by atoms with Gasteiger partial charge in [-0.1, -0.05) is 0 Å². The van der Waals surface area contributed by atoms with Crippen LogP contribution in [0.3, 0.4) is 0 Å². The van der Waals surface area contributed by atoms with Gasteiger partial charge >= 0.3 is 6.09 Å². The number of ether oxygens (including phenoxy) is 1. The summed E-state index contributed by atoms with van der Waals surface area (Å²) in [6.07, 6.45) is 6.40. The van der Waals surface area contributed by atoms with Crippen LogP contribution in [-0.2, 0) is 4.74 Å². The maximum atomic E-state index is 11.8. The van der Waals surface area contributed by atoms with E-state index in [1.165, 1.54) is 12.8 Å². The average molecular weight is 240 g/mol. The number of alkyl carbamates (subject to hydrolysis) is 1. The molecule has 1 aliphatic heterocycles. The molecule has 2 fully saturated rings. The van der Waals surface area contributed by atoms with Crippen molar-refractivity contribution >= 4 is 6.09 Å². The standard InChI is InChI=1S/C13H24N2O2/c1-13(7-9-15(2)10-8-13)14-12(16)17-11-5-3-4-6-11/h11H,3-10H2,1-2H3,(H,14,16). The Hall–Kier alpha value is -0.770. The van der Waals surface area contributed by atoms with Gasteiger partial charge in [-0.05, 0) is 52.5 Å². The Kier molecular flexibility index (Phi) is 3.92. The molecule has 0 atom stereocenters. The van der Waals surface area contributed by atoms with Crippen molar-refractivity contribution in [2.24, 2.45) is 0 Å². The van der Waals surface area contributed by atoms with Crippen molar-refractivity contribution in [3.05, 3.63) is 0 Å². The monoisotopic (exact) mass is 240 g/mol. The maximum Gasteiger partial charge on any atom is 0.407 e. The lowest BCUT2D eigenvalue weighted by Crippen LogP contribution is -2.53. The van der Waals surface area contributed by atoms with Crippen LogP contribution in [0.4, 0.5) is 4.79 Å². The van der Waals surface area contributed by atoms with Crippen LogP contribution in [0.2, 0.25) is 0 Å². The van der Waals surface area contributed by atoms with Crippen LogP contribution >= 0.6 is 0 Å². The fourth-order valence-corrected chi connectivity index (χ4v) is 2.67. The normalized spacial score (nSPS) is 25.8. The Morgan fingerprint density at radius 2 is 1.88 bits per heavy atom. The molecule has 98 valence electrons. The second-order valence-electron chi connectivity index (χ2n) is 5.80. The largest absolute Gasteiger partial charge is 0.446 e. The lowest BCUT2D eigenvalue weighted by Gasteiger charge is -2.38. The molecule has 1 amide bonds. The molecule has 0 spiro atoms. The highest BCUT2D eigenvalue weighted by Crippen LogP contribution is 2.23. The zero-order valence-electron chi connectivity index (χ0n) is 11.0. The summed E-state index contributed by atoms with van der Waals surface area (Å²) < 4.78 is 5.44. The van der Waals surface area contributed by atoms with Gasteiger partial charge in [0.05, 0.1) is 0 Å². The van der Waals surface area contributed by atoms with Gasteiger partial charge in [0, 0.05) is 18.6 Å². The van der Waals surface area contributed by atoms with E-state index in [4.69, 9.17) is 4.74 Å². The zero-order valence-corrected chi connectivity index (χ0v) is 11.0. The van der Waals surface area contributed by atoms with E-state index in [9.17, 15) is 4.79 Å². The molecule has 0 aromatic heterocycles. The fourth-order valence-electron chi connectivity index (χ4n) is 2.67. The second kappa shape index (κ2) is 5.25. The summed E-state index contributed by atoms with van der Waals surface area (Å²) in [4.78, 5) is 14.1. The molecule has 2 aliphatic rings. The summed E-state index contributed by atoms with van der Waals surface area (Å²) in [5.41, 5.74) is -0.0812. The molecule has 4 heteroatoms. The smallest absolute Gasteiger partial charge is 0.407 e. The predicted octanol–water partition coefficient (Wildman–Crippen LogP) is 2.14. The predicted molar refractivity (Wildman–Crippen MR) is 67.0 cm³/mol. The zero-order chi connectivity index (χ0) is 12.3. The first-order valence-corrected chi connectivity index (χ1v) is 6.75. The molecule has 1 saturated carbocycles. The number of rotatable bonds is 2. The minimum atomic E-state index is -0.219. The molecule has 4 nitrogen and oxygen atoms in total. The highest BCUT2D eigenvalue weighted by Gasteiger charge is 2.31. The molecule has 1 aliphatic carbocycles. The van der Waals surface area contributed by atoms with Gasteiger partial charge in [-0.25, -0.2) is 4.79 Å². The first kappa shape index (κ1) is 12.7. The topological polar surface area (TPSA) is 41.6 Å². The molecular formula is C13H24N2O2. The van der Waals surface area contributed by atoms with Gasteiger partial charge in [0.1, 0.15) is 6.10 Å². The van der Waals surface area contributed by atoms with Crippen LogP contribution < -0.4 is 5.32 Å². The number of piperidine rings is 1. The number of carbonyl (C=O) groups excluding carboxylic acids is 1. The van der Waals surface area contributed by atoms with E-state index < -0.39 is 0 Å². The van der Waals surface area contributed by atoms with Crippen LogP contribution in [0, 0.1) is 0 Å². The Morgan fingerprint density at radius 3 is 2.47 bits per heavy atom. The summed E-state index contributed by atoms with van der Waals surface area (Å²) in [5.74, 6) is 0. The van der Waals surface area contributed by atoms with Crippen molar-refractivity contribution in [1.82, 2.24) is 10.2 Å². The average Bonchev–Trinajstić information content (AvgIpc) is 2.75. The summed E-state index contributed by atoms with van der Waals surface area (Å²) in [7, 11) is 2.12. The van der Waals surface area contributed by atoms with E-state index in [-0.39, 0.29) is 17.7 Å². The minimum absolute atomic E-state index is 0.0812. The van der Waals surface area contributed by atoms with Gasteiger partial charge in [0.15, 0.2) is 0 Å². The molecule has 0 aromatic rings. The molecule has 1 N–H and O–H groups in total. The Labute approximate surface area is 104 Å². The van der Waals surface area contributed by atoms with Crippen LogP contribution in [0.5, 0.6) is 0 Å². The second-order valence-corrected chi connectivity index (χ2v) is 5.80. The molecule has 0 radical (unpaired) electrons. The summed E-state index contributed by atoms with van der Waals surface area (Å²) in [6, 6.07) is 0. The molecule has 17 heavy (non-hydrogen) atoms. The van der Waals surface area contributed by atoms with Crippen molar-refractivity contribution in [3.8, 4) is 0 Å². The minimum Gasteiger partial charge on any atom is -0.446 e. The SMILES string of the molecule is CN1CCC(C)(NC(=O)OC2CCCC2)CC1. The van der Waals surface area contributed by atoms with E-state index >= 15 is 0 Å². The van der Waals surface area contributed by atoms with Gasteiger partial charge < -0.3 is 15.0 Å². The lowest BCUT2D eigenvalue weighted by atomic mass is 9.90. The van der Waals surface area contributed by atoms with Crippen LogP contribution in [-0.4, -0.2) is 42.8 Å². The highest BCUT2D eigenvalue weighted by atomic mass is 16.6. The maximum absolute atomic E-state index is 11.8. The van der Waals surface area contributed by atoms with E-state index in [1.54, 1.807) is 0 Å². The Morgan fingerprint density at radius 1 is 1.29 bits per heavy atom. The fraction of sp³-hybridized carbons (Fsp3) is 0.923. The molecule has 1 heterocycles. The van der Waals surface area contributed by atoms with Crippen LogP contribution in [0.25, 0.3) is 0 Å². The first-order valence-electron chi connectivity index (χ1n) is 6.75. The molecule has 0 bridgehead atoms. The van der Waals surface area contributed by atoms with E-state index in [0.29, 0.717) is 0 Å². The van der Waals surface area contributed by atoms with Gasteiger partial charge in [0.25, 0.3) is 0 Å². The summed E-state index contributed by atoms with van der Waals surface area (Å²) >= 11 is 0. The number of amides is 1. The first-order chi connectivity index (χ1) is 8.07. The number of hydrogen-bond donors (Lipinski definition) is 1. The van der Waals surface area contributed by atoms with Crippen molar-refractivity contribution < 1.29 is 9.53 Å². The van der Waals surface area contributed by atoms with E-state index in [0.717, 1.165) is 38.8 Å². The number of nitrogens with one attached hydrogen (secondary N) is 1. The van der Waals surface area contributed by atoms with Crippen molar-refractivity contribution in [1.29, 1.82) is 0 Å². The lowest BCUT2D eigenvalue weighted by molar-refractivity contribution is 0.0824. The third-order valence-electron chi connectivity index (χ3n) is 4.07. The van der Waals surface area contributed by atoms with Gasteiger partial charge in [-0.3, -0.25) is 0 Å². The van der Waals surface area contributed by atoms with Crippen molar-refractivity contribution in [3.63, 3.8) is 0 Å². The molecule has 0 unspecified atom stereocenters. The summed E-state index contributed by atoms with van der Waals surface area (Å²) in [5, 5.41) is 3.05. The Bertz CT molecular complexity index is 267. The van der Waals surface area contributed by atoms with Gasteiger partial charge in [-0.15, -0.1) is 0 Å². The van der Waals surface area contributed by atoms with E-state index in [1.807, 2.05) is 0 Å². The summed E-state index contributed by atoms with van der Waals surface area (Å²) in [6.45, 7) is 4.20. The molecule has 0 aromatic carbocycles. The number of likely N-dealkylation sites (tertiary alicyclic amines) is 1. The van der Waals surface area contributed by atoms with E-state index in [2.05, 4.69) is 24.2 Å². The van der Waals surface area contributed by atoms with Crippen LogP contribution in [0.15, 0.2) is 0 Å². The Balaban J connectivity index is 1.77. The third-order valence-corrected chi connectivity index (χ3v) is 4.07.